The van der Waals surface area contributed by atoms with Crippen molar-refractivity contribution in [3.05, 3.63) is 285 Å². The molecule has 103 heavy (non-hydrogen) atoms. The maximum atomic E-state index is 11.7. The summed E-state index contributed by atoms with van der Waals surface area (Å²) >= 11 is 1.46. The highest BCUT2D eigenvalue weighted by Crippen LogP contribution is 2.54. The maximum Gasteiger partial charge on any atom is 0.346 e. The molecule has 1 N–H and O–H groups in total. The number of aliphatic carboxylic acids is 1. The van der Waals surface area contributed by atoms with Crippen LogP contribution in [0.15, 0.2) is 236 Å². The van der Waals surface area contributed by atoms with Crippen LogP contribution >= 0.6 is 11.3 Å². The van der Waals surface area contributed by atoms with Crippen LogP contribution in [0.3, 0.4) is 0 Å². The number of aromatic nitrogens is 2. The van der Waals surface area contributed by atoms with Crippen LogP contribution in [-0.4, -0.2) is 20.2 Å². The molecule has 3 aromatic heterocycles. The van der Waals surface area contributed by atoms with E-state index in [1.165, 1.54) is 150 Å². The minimum atomic E-state index is -1.24. The van der Waals surface area contributed by atoms with Crippen molar-refractivity contribution >= 4 is 84.1 Å². The second kappa shape index (κ2) is 23.6. The van der Waals surface area contributed by atoms with Crippen LogP contribution in [0.1, 0.15) is 160 Å². The van der Waals surface area contributed by atoms with Gasteiger partial charge in [0.05, 0.1) is 22.1 Å². The van der Waals surface area contributed by atoms with Crippen molar-refractivity contribution in [2.45, 2.75) is 143 Å². The normalized spacial score (nSPS) is 14.1. The number of thiophene rings is 1. The molecule has 2 aliphatic carbocycles. The van der Waals surface area contributed by atoms with Gasteiger partial charge < -0.3 is 19.1 Å². The third-order valence-electron chi connectivity index (χ3n) is 22.4. The Morgan fingerprint density at radius 1 is 0.388 bits per heavy atom. The molecule has 16 rings (SSSR count). The Hall–Kier alpha value is -10.8. The lowest BCUT2D eigenvalue weighted by Gasteiger charge is -2.26. The molecule has 11 aromatic carbocycles. The van der Waals surface area contributed by atoms with Crippen LogP contribution in [0.25, 0.3) is 116 Å². The number of anilines is 3. The lowest BCUT2D eigenvalue weighted by Crippen LogP contribution is -2.15. The quantitative estimate of drug-likeness (QED) is 0.109. The van der Waals surface area contributed by atoms with E-state index in [-0.39, 0.29) is 38.1 Å². The third kappa shape index (κ3) is 11.2. The first-order chi connectivity index (χ1) is 48.8. The fourth-order valence-electron chi connectivity index (χ4n) is 16.3. The van der Waals surface area contributed by atoms with E-state index in [4.69, 9.17) is 0 Å². The second-order valence-electron chi connectivity index (χ2n) is 34.0. The molecule has 0 unspecified atom stereocenters. The summed E-state index contributed by atoms with van der Waals surface area (Å²) in [6.07, 6.45) is 1.44. The maximum absolute atomic E-state index is 11.7. The molecular weight excluding hydrogens is 1270 g/mol. The summed E-state index contributed by atoms with van der Waals surface area (Å²) in [4.78, 5) is 15.7. The summed E-state index contributed by atoms with van der Waals surface area (Å²) in [7, 11) is 0. The molecule has 14 aromatic rings. The van der Waals surface area contributed by atoms with E-state index in [9.17, 15) is 15.2 Å². The van der Waals surface area contributed by atoms with Crippen molar-refractivity contribution in [2.24, 2.45) is 0 Å². The standard InChI is InChI=1S/C96H88N4O2S/c1-91(2,3)63-25-42-85-77(50-63)78-51-64(92(4,5)6)26-43-86(78)99(85)70-35-40-75-73-38-23-60(48-81(73)95(13,14)83(75)54-70)57-17-29-67(30-18-57)98(69-33-21-59(22-34-69)89-46-37-72(103-89)47-62(56-97)90(101)102)68-31-19-58(20-32-68)61-24-39-74-76-41-36-71(55-84(76)96(15,16)82(74)49-61)100-87-44-27-65(93(7,8)9)52-79(87)80-53-66(94(10,11)12)28-45-88(80)100/h17-55H,1-16H3,(H,101,102)/b62-47-. The van der Waals surface area contributed by atoms with Gasteiger partial charge >= 0.3 is 5.97 Å². The van der Waals surface area contributed by atoms with Gasteiger partial charge in [-0.1, -0.05) is 208 Å². The average Bonchev–Trinajstić information content (AvgIpc) is 1.57. The fourth-order valence-corrected chi connectivity index (χ4v) is 17.2. The molecule has 0 aliphatic heterocycles. The first-order valence-corrected chi connectivity index (χ1v) is 37.0. The lowest BCUT2D eigenvalue weighted by atomic mass is 9.81. The predicted molar refractivity (Wildman–Crippen MR) is 435 cm³/mol. The predicted octanol–water partition coefficient (Wildman–Crippen LogP) is 26.2. The van der Waals surface area contributed by atoms with Gasteiger partial charge in [0.25, 0.3) is 0 Å². The summed E-state index contributed by atoms with van der Waals surface area (Å²) in [5, 5.41) is 24.3. The number of carboxylic acid groups (broad SMARTS) is 1. The smallest absolute Gasteiger partial charge is 0.346 e. The molecular formula is C96H88N4O2S. The van der Waals surface area contributed by atoms with Gasteiger partial charge in [0.1, 0.15) is 11.6 Å². The molecule has 0 spiro atoms. The number of nitrogens with zero attached hydrogens (tertiary/aromatic N) is 4. The van der Waals surface area contributed by atoms with E-state index in [1.54, 1.807) is 0 Å². The number of benzene rings is 11. The Bertz CT molecular complexity index is 5480. The van der Waals surface area contributed by atoms with Gasteiger partial charge in [0.2, 0.25) is 0 Å². The zero-order chi connectivity index (χ0) is 72.4. The number of fused-ring (bicyclic) bond motifs is 12. The summed E-state index contributed by atoms with van der Waals surface area (Å²) in [6, 6.07) is 88.9. The van der Waals surface area contributed by atoms with Crippen LogP contribution in [-0.2, 0) is 37.3 Å². The number of carboxylic acids is 1. The number of carbonyl (C=O) groups is 1. The van der Waals surface area contributed by atoms with Crippen molar-refractivity contribution in [2.75, 3.05) is 4.90 Å². The van der Waals surface area contributed by atoms with Gasteiger partial charge in [-0.25, -0.2) is 4.79 Å². The van der Waals surface area contributed by atoms with E-state index >= 15 is 0 Å². The number of hydrogen-bond acceptors (Lipinski definition) is 4. The molecule has 0 saturated carbocycles. The molecule has 0 amide bonds. The molecule has 0 fully saturated rings. The van der Waals surface area contributed by atoms with Crippen molar-refractivity contribution in [3.63, 3.8) is 0 Å². The fraction of sp³-hybridized carbons (Fsp3) is 0.229. The van der Waals surface area contributed by atoms with Gasteiger partial charge in [-0.2, -0.15) is 5.26 Å². The van der Waals surface area contributed by atoms with E-state index in [0.717, 1.165) is 38.6 Å². The summed E-state index contributed by atoms with van der Waals surface area (Å²) < 4.78 is 4.97. The summed E-state index contributed by atoms with van der Waals surface area (Å²) in [5.41, 5.74) is 30.9. The van der Waals surface area contributed by atoms with Gasteiger partial charge in [0.15, 0.2) is 0 Å². The lowest BCUT2D eigenvalue weighted by molar-refractivity contribution is -0.132. The number of nitriles is 1. The monoisotopic (exact) mass is 1360 g/mol. The van der Waals surface area contributed by atoms with Crippen molar-refractivity contribution < 1.29 is 9.90 Å². The molecule has 0 atom stereocenters. The van der Waals surface area contributed by atoms with Gasteiger partial charge in [-0.3, -0.25) is 0 Å². The first-order valence-electron chi connectivity index (χ1n) is 36.2. The Labute approximate surface area is 610 Å². The van der Waals surface area contributed by atoms with Crippen molar-refractivity contribution in [3.8, 4) is 72.4 Å². The molecule has 0 radical (unpaired) electrons. The third-order valence-corrected chi connectivity index (χ3v) is 23.5. The molecule has 3 heterocycles. The highest BCUT2D eigenvalue weighted by Gasteiger charge is 2.38. The first kappa shape index (κ1) is 66.8. The van der Waals surface area contributed by atoms with Crippen molar-refractivity contribution in [1.29, 1.82) is 5.26 Å². The van der Waals surface area contributed by atoms with Crippen molar-refractivity contribution in [1.82, 2.24) is 9.13 Å². The number of rotatable bonds is 10. The van der Waals surface area contributed by atoms with Crippen LogP contribution < -0.4 is 4.90 Å². The van der Waals surface area contributed by atoms with Gasteiger partial charge in [-0.05, 0) is 256 Å². The zero-order valence-corrected chi connectivity index (χ0v) is 62.9. The Morgan fingerprint density at radius 2 is 0.699 bits per heavy atom. The highest BCUT2D eigenvalue weighted by molar-refractivity contribution is 7.16. The molecule has 2 aliphatic rings. The van der Waals surface area contributed by atoms with E-state index < -0.39 is 5.97 Å². The van der Waals surface area contributed by atoms with Crippen LogP contribution in [0, 0.1) is 11.3 Å². The Balaban J connectivity index is 0.719. The SMILES string of the molecule is CC(C)(C)c1ccc2c(c1)c1cc(C(C)(C)C)ccc1n2-c1ccc2c(c1)C(C)(C)c1cc(-c3ccc(N(c4ccc(-c5ccc6c(c5)C(C)(C)c5cc(-n7c8ccc(C(C)(C)C)cc8c8cc(C(C)(C)C)ccc87)ccc5-6)cc4)c4ccc(-c5ccc(/C=C(/C#N)C(=O)O)s5)cc4)cc3)ccc1-2. The summed E-state index contributed by atoms with van der Waals surface area (Å²) in [5.74, 6) is -1.24. The molecule has 0 bridgehead atoms. The van der Waals surface area contributed by atoms with Gasteiger partial charge in [-0.15, -0.1) is 11.3 Å². The van der Waals surface area contributed by atoms with Crippen LogP contribution in [0.5, 0.6) is 0 Å². The van der Waals surface area contributed by atoms with E-state index in [1.807, 2.05) is 18.2 Å². The Kier molecular flexibility index (Phi) is 15.3. The van der Waals surface area contributed by atoms with Crippen LogP contribution in [0.2, 0.25) is 0 Å². The van der Waals surface area contributed by atoms with E-state index in [2.05, 4.69) is 343 Å². The molecule has 510 valence electrons. The van der Waals surface area contributed by atoms with E-state index in [0.29, 0.717) is 4.88 Å². The van der Waals surface area contributed by atoms with Gasteiger partial charge in [0, 0.05) is 70.6 Å². The zero-order valence-electron chi connectivity index (χ0n) is 62.1. The Morgan fingerprint density at radius 3 is 1.02 bits per heavy atom. The summed E-state index contributed by atoms with van der Waals surface area (Å²) in [6.45, 7) is 37.1. The molecule has 6 nitrogen and oxygen atoms in total. The topological polar surface area (TPSA) is 74.2 Å². The average molecular weight is 1360 g/mol. The number of hydrogen-bond donors (Lipinski definition) is 1. The molecule has 7 heteroatoms. The van der Waals surface area contributed by atoms with Crippen LogP contribution in [0.4, 0.5) is 17.1 Å². The minimum Gasteiger partial charge on any atom is -0.477 e. The molecule has 0 saturated heterocycles. The largest absolute Gasteiger partial charge is 0.477 e. The minimum absolute atomic E-state index is 0.0198. The second-order valence-corrected chi connectivity index (χ2v) is 35.1. The highest BCUT2D eigenvalue weighted by atomic mass is 32.1.